The van der Waals surface area contributed by atoms with Crippen molar-refractivity contribution >= 4 is 10.9 Å². The summed E-state index contributed by atoms with van der Waals surface area (Å²) < 4.78 is 0. The van der Waals surface area contributed by atoms with Crippen LogP contribution < -0.4 is 5.32 Å². The van der Waals surface area contributed by atoms with Gasteiger partial charge in [-0.3, -0.25) is 4.98 Å². The number of aromatic nitrogens is 1. The van der Waals surface area contributed by atoms with Gasteiger partial charge in [0, 0.05) is 23.5 Å². The summed E-state index contributed by atoms with van der Waals surface area (Å²) in [6.07, 6.45) is 4.31. The summed E-state index contributed by atoms with van der Waals surface area (Å²) in [5, 5.41) is 4.84. The molecule has 1 aromatic carbocycles. The lowest BCUT2D eigenvalue weighted by atomic mass is 9.90. The number of hydrogen-bond donors (Lipinski definition) is 1. The molecule has 2 atom stereocenters. The Morgan fingerprint density at radius 3 is 3.18 bits per heavy atom. The maximum Gasteiger partial charge on any atom is 0.0702 e. The van der Waals surface area contributed by atoms with E-state index in [-0.39, 0.29) is 0 Å². The molecular weight excluding hydrogens is 208 g/mol. The quantitative estimate of drug-likeness (QED) is 0.851. The number of nitrogens with one attached hydrogen (secondary N) is 1. The summed E-state index contributed by atoms with van der Waals surface area (Å²) in [6.45, 7) is 3.41. The van der Waals surface area contributed by atoms with Crippen LogP contribution in [0.5, 0.6) is 0 Å². The van der Waals surface area contributed by atoms with Gasteiger partial charge in [-0.25, -0.2) is 0 Å². The van der Waals surface area contributed by atoms with Gasteiger partial charge in [0.15, 0.2) is 0 Å². The van der Waals surface area contributed by atoms with Crippen molar-refractivity contribution in [1.29, 1.82) is 0 Å². The Morgan fingerprint density at radius 2 is 2.29 bits per heavy atom. The van der Waals surface area contributed by atoms with Crippen molar-refractivity contribution in [2.75, 3.05) is 6.54 Å². The van der Waals surface area contributed by atoms with E-state index in [1.54, 1.807) is 0 Å². The third kappa shape index (κ3) is 1.93. The second-order valence-corrected chi connectivity index (χ2v) is 4.82. The highest BCUT2D eigenvalue weighted by atomic mass is 14.9. The lowest BCUT2D eigenvalue weighted by molar-refractivity contribution is 0.532. The van der Waals surface area contributed by atoms with Crippen LogP contribution in [0.4, 0.5) is 0 Å². The Labute approximate surface area is 102 Å². The molecule has 2 aromatic rings. The summed E-state index contributed by atoms with van der Waals surface area (Å²) in [7, 11) is 0. The summed E-state index contributed by atoms with van der Waals surface area (Å²) in [6, 6.07) is 11.5. The topological polar surface area (TPSA) is 24.9 Å². The molecule has 2 heterocycles. The maximum atomic E-state index is 4.37. The van der Waals surface area contributed by atoms with E-state index in [1.807, 2.05) is 12.3 Å². The molecule has 2 heteroatoms. The Hall–Kier alpha value is -1.41. The summed E-state index contributed by atoms with van der Waals surface area (Å²) in [4.78, 5) is 4.37. The average molecular weight is 226 g/mol. The molecule has 0 saturated carbocycles. The molecule has 1 saturated heterocycles. The van der Waals surface area contributed by atoms with Gasteiger partial charge in [0.25, 0.3) is 0 Å². The fourth-order valence-electron chi connectivity index (χ4n) is 2.92. The number of rotatable bonds is 2. The molecule has 1 aliphatic heterocycles. The summed E-state index contributed by atoms with van der Waals surface area (Å²) in [5.41, 5.74) is 2.55. The molecule has 17 heavy (non-hydrogen) atoms. The molecule has 88 valence electrons. The summed E-state index contributed by atoms with van der Waals surface area (Å²) in [5.74, 6) is 0.671. The van der Waals surface area contributed by atoms with E-state index in [4.69, 9.17) is 0 Å². The predicted molar refractivity (Wildman–Crippen MR) is 71.2 cm³/mol. The van der Waals surface area contributed by atoms with Crippen molar-refractivity contribution in [1.82, 2.24) is 10.3 Å². The van der Waals surface area contributed by atoms with Crippen LogP contribution in [0.15, 0.2) is 36.5 Å². The standard InChI is InChI=1S/C15H18N2/c1-2-14-13(7-9-17-14)11-5-6-15-12(10-11)4-3-8-16-15/h3-6,8,10,13-14,17H,2,7,9H2,1H3. The van der Waals surface area contributed by atoms with Gasteiger partial charge in [-0.1, -0.05) is 19.1 Å². The van der Waals surface area contributed by atoms with Crippen molar-refractivity contribution in [3.05, 3.63) is 42.1 Å². The molecule has 1 aliphatic rings. The minimum absolute atomic E-state index is 0.643. The van der Waals surface area contributed by atoms with Crippen LogP contribution in [-0.2, 0) is 0 Å². The van der Waals surface area contributed by atoms with E-state index in [9.17, 15) is 0 Å². The van der Waals surface area contributed by atoms with Gasteiger partial charge in [0.05, 0.1) is 5.52 Å². The van der Waals surface area contributed by atoms with E-state index >= 15 is 0 Å². The highest BCUT2D eigenvalue weighted by Gasteiger charge is 2.26. The maximum absolute atomic E-state index is 4.37. The van der Waals surface area contributed by atoms with Crippen LogP contribution in [0.2, 0.25) is 0 Å². The Morgan fingerprint density at radius 1 is 1.35 bits per heavy atom. The van der Waals surface area contributed by atoms with Crippen molar-refractivity contribution in [3.8, 4) is 0 Å². The first-order valence-electron chi connectivity index (χ1n) is 6.46. The molecule has 1 fully saturated rings. The van der Waals surface area contributed by atoms with Crippen LogP contribution in [-0.4, -0.2) is 17.6 Å². The summed E-state index contributed by atoms with van der Waals surface area (Å²) >= 11 is 0. The number of nitrogens with zero attached hydrogens (tertiary/aromatic N) is 1. The van der Waals surface area contributed by atoms with Gasteiger partial charge in [-0.05, 0) is 43.1 Å². The van der Waals surface area contributed by atoms with Crippen molar-refractivity contribution in [2.24, 2.45) is 0 Å². The highest BCUT2D eigenvalue weighted by Crippen LogP contribution is 2.30. The first-order valence-corrected chi connectivity index (χ1v) is 6.46. The average Bonchev–Trinajstić information content (AvgIpc) is 2.86. The molecule has 2 nitrogen and oxygen atoms in total. The van der Waals surface area contributed by atoms with E-state index in [2.05, 4.69) is 41.5 Å². The zero-order valence-electron chi connectivity index (χ0n) is 10.2. The van der Waals surface area contributed by atoms with Crippen LogP contribution in [0, 0.1) is 0 Å². The van der Waals surface area contributed by atoms with Crippen LogP contribution in [0.25, 0.3) is 10.9 Å². The van der Waals surface area contributed by atoms with Crippen LogP contribution >= 0.6 is 0 Å². The molecule has 1 aromatic heterocycles. The fourth-order valence-corrected chi connectivity index (χ4v) is 2.92. The third-order valence-electron chi connectivity index (χ3n) is 3.84. The fraction of sp³-hybridized carbons (Fsp3) is 0.400. The minimum Gasteiger partial charge on any atom is -0.313 e. The Bertz CT molecular complexity index is 521. The molecular formula is C15H18N2. The smallest absolute Gasteiger partial charge is 0.0702 e. The van der Waals surface area contributed by atoms with E-state index in [0.717, 1.165) is 12.1 Å². The third-order valence-corrected chi connectivity index (χ3v) is 3.84. The van der Waals surface area contributed by atoms with Gasteiger partial charge >= 0.3 is 0 Å². The monoisotopic (exact) mass is 226 g/mol. The van der Waals surface area contributed by atoms with Gasteiger partial charge < -0.3 is 5.32 Å². The molecule has 1 N–H and O–H groups in total. The second kappa shape index (κ2) is 4.46. The van der Waals surface area contributed by atoms with Gasteiger partial charge in [0.2, 0.25) is 0 Å². The normalized spacial score (nSPS) is 24.3. The Balaban J connectivity index is 2.00. The van der Waals surface area contributed by atoms with Gasteiger partial charge in [-0.2, -0.15) is 0 Å². The number of hydrogen-bond acceptors (Lipinski definition) is 2. The molecule has 3 rings (SSSR count). The largest absolute Gasteiger partial charge is 0.313 e. The highest BCUT2D eigenvalue weighted by molar-refractivity contribution is 5.79. The Kier molecular flexibility index (Phi) is 2.81. The molecule has 0 bridgehead atoms. The van der Waals surface area contributed by atoms with Crippen LogP contribution in [0.3, 0.4) is 0 Å². The zero-order chi connectivity index (χ0) is 11.7. The molecule has 0 radical (unpaired) electrons. The van der Waals surface area contributed by atoms with E-state index in [0.29, 0.717) is 12.0 Å². The van der Waals surface area contributed by atoms with Crippen LogP contribution in [0.1, 0.15) is 31.2 Å². The van der Waals surface area contributed by atoms with Crippen molar-refractivity contribution in [2.45, 2.75) is 31.7 Å². The zero-order valence-corrected chi connectivity index (χ0v) is 10.2. The lowest BCUT2D eigenvalue weighted by Crippen LogP contribution is -2.24. The SMILES string of the molecule is CCC1NCCC1c1ccc2ncccc2c1. The number of pyridine rings is 1. The first-order chi connectivity index (χ1) is 8.38. The van der Waals surface area contributed by atoms with E-state index in [1.165, 1.54) is 23.8 Å². The second-order valence-electron chi connectivity index (χ2n) is 4.82. The molecule has 2 unspecified atom stereocenters. The number of benzene rings is 1. The minimum atomic E-state index is 0.643. The van der Waals surface area contributed by atoms with Crippen molar-refractivity contribution in [3.63, 3.8) is 0 Å². The predicted octanol–water partition coefficient (Wildman–Crippen LogP) is 3.09. The van der Waals surface area contributed by atoms with Crippen molar-refractivity contribution < 1.29 is 0 Å². The van der Waals surface area contributed by atoms with E-state index < -0.39 is 0 Å². The van der Waals surface area contributed by atoms with Gasteiger partial charge in [0.1, 0.15) is 0 Å². The molecule has 0 spiro atoms. The lowest BCUT2D eigenvalue weighted by Gasteiger charge is -2.18. The molecule has 0 amide bonds. The van der Waals surface area contributed by atoms with Gasteiger partial charge in [-0.15, -0.1) is 0 Å². The molecule has 0 aliphatic carbocycles. The number of fused-ring (bicyclic) bond motifs is 1. The first kappa shape index (κ1) is 10.7.